The fourth-order valence-electron chi connectivity index (χ4n) is 2.87. The Bertz CT molecular complexity index is 413. The fraction of sp³-hybridized carbons (Fsp3) is 0.667. The van der Waals surface area contributed by atoms with Gasteiger partial charge in [-0.05, 0) is 42.7 Å². The molecule has 1 saturated carbocycles. The number of urea groups is 1. The van der Waals surface area contributed by atoms with Crippen LogP contribution in [-0.2, 0) is 6.54 Å². The zero-order valence-corrected chi connectivity index (χ0v) is 12.0. The maximum Gasteiger partial charge on any atom is 0.315 e. The van der Waals surface area contributed by atoms with Gasteiger partial charge in [0.25, 0.3) is 0 Å². The molecule has 1 aromatic rings. The SMILES string of the molecule is C[C@H](CCO)C1(CNC(=O)NCc2ccco2)CCC1. The normalized spacial score (nSPS) is 18.1. The fourth-order valence-corrected chi connectivity index (χ4v) is 2.87. The molecule has 1 aliphatic carbocycles. The Kier molecular flexibility index (Phi) is 5.06. The van der Waals surface area contributed by atoms with Gasteiger partial charge in [-0.1, -0.05) is 13.3 Å². The van der Waals surface area contributed by atoms with Crippen LogP contribution in [0.1, 0.15) is 38.4 Å². The Hall–Kier alpha value is -1.49. The van der Waals surface area contributed by atoms with Crippen LogP contribution in [-0.4, -0.2) is 24.3 Å². The molecule has 1 aromatic heterocycles. The van der Waals surface area contributed by atoms with Gasteiger partial charge in [0, 0.05) is 13.2 Å². The van der Waals surface area contributed by atoms with Gasteiger partial charge < -0.3 is 20.2 Å². The summed E-state index contributed by atoms with van der Waals surface area (Å²) in [6.07, 6.45) is 5.87. The van der Waals surface area contributed by atoms with E-state index in [4.69, 9.17) is 9.52 Å². The molecular weight excluding hydrogens is 256 g/mol. The molecule has 2 amide bonds. The lowest BCUT2D eigenvalue weighted by molar-refractivity contribution is 0.0456. The van der Waals surface area contributed by atoms with Crippen molar-refractivity contribution >= 4 is 6.03 Å². The second-order valence-electron chi connectivity index (χ2n) is 5.74. The summed E-state index contributed by atoms with van der Waals surface area (Å²) in [5.41, 5.74) is 0.171. The molecule has 0 aliphatic heterocycles. The van der Waals surface area contributed by atoms with Gasteiger partial charge in [-0.25, -0.2) is 4.79 Å². The Morgan fingerprint density at radius 3 is 2.85 bits per heavy atom. The van der Waals surface area contributed by atoms with Crippen LogP contribution >= 0.6 is 0 Å². The highest BCUT2D eigenvalue weighted by Crippen LogP contribution is 2.47. The predicted octanol–water partition coefficient (Wildman–Crippen LogP) is 2.27. The number of carbonyl (C=O) groups is 1. The third-order valence-electron chi connectivity index (χ3n) is 4.56. The highest BCUT2D eigenvalue weighted by molar-refractivity contribution is 5.73. The van der Waals surface area contributed by atoms with Crippen LogP contribution in [0.3, 0.4) is 0 Å². The molecular formula is C15H24N2O3. The Balaban J connectivity index is 1.74. The van der Waals surface area contributed by atoms with Crippen LogP contribution in [0.4, 0.5) is 4.79 Å². The lowest BCUT2D eigenvalue weighted by atomic mass is 9.60. The summed E-state index contributed by atoms with van der Waals surface area (Å²) in [5, 5.41) is 14.8. The summed E-state index contributed by atoms with van der Waals surface area (Å²) in [6, 6.07) is 3.47. The van der Waals surface area contributed by atoms with Gasteiger partial charge in [0.05, 0.1) is 12.8 Å². The van der Waals surface area contributed by atoms with E-state index in [2.05, 4.69) is 17.6 Å². The minimum absolute atomic E-state index is 0.163. The third-order valence-corrected chi connectivity index (χ3v) is 4.56. The second kappa shape index (κ2) is 6.79. The molecule has 5 heteroatoms. The van der Waals surface area contributed by atoms with E-state index in [1.807, 2.05) is 6.07 Å². The molecule has 1 heterocycles. The van der Waals surface area contributed by atoms with Gasteiger partial charge in [-0.3, -0.25) is 0 Å². The van der Waals surface area contributed by atoms with Gasteiger partial charge >= 0.3 is 6.03 Å². The highest BCUT2D eigenvalue weighted by atomic mass is 16.3. The van der Waals surface area contributed by atoms with E-state index >= 15 is 0 Å². The van der Waals surface area contributed by atoms with Gasteiger partial charge in [0.1, 0.15) is 5.76 Å². The van der Waals surface area contributed by atoms with Crippen molar-refractivity contribution in [1.29, 1.82) is 0 Å². The van der Waals surface area contributed by atoms with E-state index in [0.29, 0.717) is 19.0 Å². The van der Waals surface area contributed by atoms with E-state index in [9.17, 15) is 4.79 Å². The number of furan rings is 1. The van der Waals surface area contributed by atoms with Crippen molar-refractivity contribution in [1.82, 2.24) is 10.6 Å². The highest BCUT2D eigenvalue weighted by Gasteiger charge is 2.41. The molecule has 3 N–H and O–H groups in total. The number of hydrogen-bond donors (Lipinski definition) is 3. The van der Waals surface area contributed by atoms with Crippen LogP contribution in [0.5, 0.6) is 0 Å². The van der Waals surface area contributed by atoms with Crippen LogP contribution in [0.15, 0.2) is 22.8 Å². The second-order valence-corrected chi connectivity index (χ2v) is 5.74. The van der Waals surface area contributed by atoms with E-state index in [1.165, 1.54) is 6.42 Å². The van der Waals surface area contributed by atoms with E-state index in [1.54, 1.807) is 12.3 Å². The predicted molar refractivity (Wildman–Crippen MR) is 76.1 cm³/mol. The molecule has 2 rings (SSSR count). The first-order chi connectivity index (χ1) is 9.66. The molecule has 0 unspecified atom stereocenters. The van der Waals surface area contributed by atoms with Crippen LogP contribution < -0.4 is 10.6 Å². The number of rotatable bonds is 7. The van der Waals surface area contributed by atoms with E-state index in [-0.39, 0.29) is 18.1 Å². The van der Waals surface area contributed by atoms with Crippen molar-refractivity contribution in [3.05, 3.63) is 24.2 Å². The zero-order chi connectivity index (χ0) is 14.4. The van der Waals surface area contributed by atoms with Crippen LogP contribution in [0, 0.1) is 11.3 Å². The largest absolute Gasteiger partial charge is 0.467 e. The van der Waals surface area contributed by atoms with Crippen molar-refractivity contribution in [2.75, 3.05) is 13.2 Å². The molecule has 0 bridgehead atoms. The number of hydrogen-bond acceptors (Lipinski definition) is 3. The minimum Gasteiger partial charge on any atom is -0.467 e. The quantitative estimate of drug-likeness (QED) is 0.717. The maximum atomic E-state index is 11.8. The van der Waals surface area contributed by atoms with E-state index < -0.39 is 0 Å². The number of aliphatic hydroxyl groups is 1. The molecule has 0 radical (unpaired) electrons. The number of carbonyl (C=O) groups excluding carboxylic acids is 1. The first-order valence-electron chi connectivity index (χ1n) is 7.31. The summed E-state index contributed by atoms with van der Waals surface area (Å²) in [7, 11) is 0. The molecule has 0 aromatic carbocycles. The lowest BCUT2D eigenvalue weighted by Gasteiger charge is -2.46. The summed E-state index contributed by atoms with van der Waals surface area (Å²) in [5.74, 6) is 1.18. The average molecular weight is 280 g/mol. The van der Waals surface area contributed by atoms with Gasteiger partial charge in [-0.15, -0.1) is 0 Å². The Labute approximate surface area is 119 Å². The molecule has 1 fully saturated rings. The molecule has 1 atom stereocenters. The monoisotopic (exact) mass is 280 g/mol. The van der Waals surface area contributed by atoms with Crippen LogP contribution in [0.2, 0.25) is 0 Å². The van der Waals surface area contributed by atoms with Crippen molar-refractivity contribution < 1.29 is 14.3 Å². The summed E-state index contributed by atoms with van der Waals surface area (Å²) >= 11 is 0. The maximum absolute atomic E-state index is 11.8. The van der Waals surface area contributed by atoms with Crippen molar-refractivity contribution in [3.63, 3.8) is 0 Å². The Morgan fingerprint density at radius 2 is 2.30 bits per heavy atom. The first-order valence-corrected chi connectivity index (χ1v) is 7.31. The first kappa shape index (κ1) is 14.9. The average Bonchev–Trinajstić information content (AvgIpc) is 2.88. The number of nitrogens with one attached hydrogen (secondary N) is 2. The smallest absolute Gasteiger partial charge is 0.315 e. The number of aliphatic hydroxyl groups excluding tert-OH is 1. The Morgan fingerprint density at radius 1 is 1.50 bits per heavy atom. The standard InChI is InChI=1S/C15H24N2O3/c1-12(5-8-18)15(6-3-7-15)11-17-14(19)16-10-13-4-2-9-20-13/h2,4,9,12,18H,3,5-8,10-11H2,1H3,(H2,16,17,19)/t12-/m1/s1. The number of amides is 2. The third kappa shape index (κ3) is 3.54. The van der Waals surface area contributed by atoms with Gasteiger partial charge in [0.15, 0.2) is 0 Å². The van der Waals surface area contributed by atoms with E-state index in [0.717, 1.165) is 25.0 Å². The van der Waals surface area contributed by atoms with Gasteiger partial charge in [-0.2, -0.15) is 0 Å². The van der Waals surface area contributed by atoms with Gasteiger partial charge in [0.2, 0.25) is 0 Å². The van der Waals surface area contributed by atoms with Crippen molar-refractivity contribution in [2.45, 2.75) is 39.2 Å². The molecule has 5 nitrogen and oxygen atoms in total. The summed E-state index contributed by atoms with van der Waals surface area (Å²) < 4.78 is 5.16. The lowest BCUT2D eigenvalue weighted by Crippen LogP contribution is -2.48. The molecule has 20 heavy (non-hydrogen) atoms. The molecule has 112 valence electrons. The summed E-state index contributed by atoms with van der Waals surface area (Å²) in [4.78, 5) is 11.8. The zero-order valence-electron chi connectivity index (χ0n) is 12.0. The van der Waals surface area contributed by atoms with Crippen molar-refractivity contribution in [3.8, 4) is 0 Å². The molecule has 0 saturated heterocycles. The minimum atomic E-state index is -0.163. The van der Waals surface area contributed by atoms with Crippen molar-refractivity contribution in [2.24, 2.45) is 11.3 Å². The topological polar surface area (TPSA) is 74.5 Å². The molecule has 0 spiro atoms. The molecule has 1 aliphatic rings. The summed E-state index contributed by atoms with van der Waals surface area (Å²) in [6.45, 7) is 3.46. The van der Waals surface area contributed by atoms with Crippen LogP contribution in [0.25, 0.3) is 0 Å².